The fraction of sp³-hybridized carbons (Fsp3) is 0.348. The molecule has 29 heavy (non-hydrogen) atoms. The molecule has 0 heterocycles. The highest BCUT2D eigenvalue weighted by atomic mass is 35.5. The zero-order chi connectivity index (χ0) is 22.2. The summed E-state index contributed by atoms with van der Waals surface area (Å²) in [5, 5.41) is 20.8. The Morgan fingerprint density at radius 2 is 1.45 bits per heavy atom. The first kappa shape index (κ1) is 23.0. The van der Waals surface area contributed by atoms with Crippen molar-refractivity contribution in [1.82, 2.24) is 0 Å². The van der Waals surface area contributed by atoms with Crippen LogP contribution in [0.3, 0.4) is 0 Å². The number of hydrogen-bond donors (Lipinski definition) is 1. The second kappa shape index (κ2) is 7.85. The molecule has 0 aliphatic rings. The van der Waals surface area contributed by atoms with Crippen LogP contribution in [0.2, 0.25) is 5.02 Å². The summed E-state index contributed by atoms with van der Waals surface area (Å²) in [5.74, 6) is 0.196. The first-order chi connectivity index (χ1) is 13.2. The largest absolute Gasteiger partial charge is 0.507 e. The standard InChI is InChI=1S/C23H26ClNO3S/c1-22(2,3)19-12-15(13-20(21(19)26)23(4,5)6)11-18(14-25)29(27,28)17-9-7-16(24)8-10-17/h7-13,26H,1-6H3. The molecule has 0 spiro atoms. The Labute approximate surface area is 178 Å². The molecule has 0 aliphatic carbocycles. The number of phenols is 1. The third-order valence-corrected chi connectivity index (χ3v) is 6.50. The van der Waals surface area contributed by atoms with Crippen LogP contribution in [0.15, 0.2) is 46.2 Å². The molecule has 2 aromatic rings. The second-order valence-corrected chi connectivity index (χ2v) is 11.4. The molecule has 0 fully saturated rings. The average molecular weight is 432 g/mol. The lowest BCUT2D eigenvalue weighted by molar-refractivity contribution is 0.423. The lowest BCUT2D eigenvalue weighted by Gasteiger charge is -2.28. The number of nitrogens with zero attached hydrogens (tertiary/aromatic N) is 1. The molecule has 154 valence electrons. The number of sulfone groups is 1. The Bertz CT molecular complexity index is 1060. The summed E-state index contributed by atoms with van der Waals surface area (Å²) in [4.78, 5) is -0.370. The molecule has 0 bridgehead atoms. The molecule has 2 rings (SSSR count). The van der Waals surface area contributed by atoms with Crippen molar-refractivity contribution in [1.29, 1.82) is 5.26 Å². The SMILES string of the molecule is CC(C)(C)c1cc(C=C(C#N)S(=O)(=O)c2ccc(Cl)cc2)cc(C(C)(C)C)c1O. The molecule has 0 saturated heterocycles. The molecule has 2 aromatic carbocycles. The van der Waals surface area contributed by atoms with Crippen LogP contribution in [-0.2, 0) is 20.7 Å². The third-order valence-electron chi connectivity index (χ3n) is 4.57. The molecule has 0 unspecified atom stereocenters. The predicted molar refractivity (Wildman–Crippen MR) is 118 cm³/mol. The van der Waals surface area contributed by atoms with E-state index in [9.17, 15) is 18.8 Å². The average Bonchev–Trinajstić information content (AvgIpc) is 2.58. The number of rotatable bonds is 3. The van der Waals surface area contributed by atoms with Gasteiger partial charge in [-0.2, -0.15) is 5.26 Å². The summed E-state index contributed by atoms with van der Waals surface area (Å²) in [6.45, 7) is 11.8. The minimum absolute atomic E-state index is 0.000526. The molecule has 0 aromatic heterocycles. The lowest BCUT2D eigenvalue weighted by Crippen LogP contribution is -2.17. The van der Waals surface area contributed by atoms with E-state index in [1.807, 2.05) is 47.6 Å². The van der Waals surface area contributed by atoms with Gasteiger partial charge in [0.25, 0.3) is 0 Å². The summed E-state index contributed by atoms with van der Waals surface area (Å²) in [5.41, 5.74) is 1.20. The Morgan fingerprint density at radius 1 is 1.00 bits per heavy atom. The fourth-order valence-corrected chi connectivity index (χ4v) is 4.23. The van der Waals surface area contributed by atoms with E-state index in [0.717, 1.165) is 0 Å². The van der Waals surface area contributed by atoms with Crippen LogP contribution in [-0.4, -0.2) is 13.5 Å². The molecule has 0 radical (unpaired) electrons. The van der Waals surface area contributed by atoms with E-state index >= 15 is 0 Å². The van der Waals surface area contributed by atoms with Crippen LogP contribution < -0.4 is 0 Å². The monoisotopic (exact) mass is 431 g/mol. The molecular formula is C23H26ClNO3S. The Balaban J connectivity index is 2.73. The van der Waals surface area contributed by atoms with Crippen LogP contribution >= 0.6 is 11.6 Å². The van der Waals surface area contributed by atoms with E-state index in [0.29, 0.717) is 21.7 Å². The third kappa shape index (κ3) is 5.01. The van der Waals surface area contributed by atoms with Crippen LogP contribution in [0.5, 0.6) is 5.75 Å². The number of benzene rings is 2. The smallest absolute Gasteiger partial charge is 0.216 e. The van der Waals surface area contributed by atoms with Crippen molar-refractivity contribution in [3.63, 3.8) is 0 Å². The second-order valence-electron chi connectivity index (χ2n) is 9.04. The molecule has 0 saturated carbocycles. The number of aromatic hydroxyl groups is 1. The minimum atomic E-state index is -3.99. The van der Waals surface area contributed by atoms with Gasteiger partial charge in [0.2, 0.25) is 9.84 Å². The van der Waals surface area contributed by atoms with Crippen molar-refractivity contribution in [3.05, 3.63) is 63.0 Å². The molecule has 0 amide bonds. The van der Waals surface area contributed by atoms with Crippen molar-refractivity contribution in [2.45, 2.75) is 57.3 Å². The van der Waals surface area contributed by atoms with Crippen molar-refractivity contribution in [2.24, 2.45) is 0 Å². The van der Waals surface area contributed by atoms with Crippen LogP contribution in [0, 0.1) is 11.3 Å². The summed E-state index contributed by atoms with van der Waals surface area (Å²) in [6.07, 6.45) is 1.36. The van der Waals surface area contributed by atoms with Crippen molar-refractivity contribution in [3.8, 4) is 11.8 Å². The number of phenolic OH excluding ortho intramolecular Hbond substituents is 1. The zero-order valence-corrected chi connectivity index (χ0v) is 19.1. The van der Waals surface area contributed by atoms with Gasteiger partial charge >= 0.3 is 0 Å². The lowest BCUT2D eigenvalue weighted by atomic mass is 9.78. The van der Waals surface area contributed by atoms with Gasteiger partial charge in [-0.05, 0) is 58.9 Å². The maximum atomic E-state index is 12.9. The summed E-state index contributed by atoms with van der Waals surface area (Å²) in [7, 11) is -3.99. The molecule has 6 heteroatoms. The van der Waals surface area contributed by atoms with Gasteiger partial charge in [-0.15, -0.1) is 0 Å². The van der Waals surface area contributed by atoms with E-state index in [1.165, 1.54) is 30.3 Å². The summed E-state index contributed by atoms with van der Waals surface area (Å²) >= 11 is 5.84. The zero-order valence-electron chi connectivity index (χ0n) is 17.5. The Kier molecular flexibility index (Phi) is 6.23. The van der Waals surface area contributed by atoms with Gasteiger partial charge in [0.15, 0.2) is 0 Å². The molecular weight excluding hydrogens is 406 g/mol. The van der Waals surface area contributed by atoms with E-state index in [4.69, 9.17) is 11.6 Å². The van der Waals surface area contributed by atoms with Crippen LogP contribution in [0.25, 0.3) is 6.08 Å². The van der Waals surface area contributed by atoms with Gasteiger partial charge in [-0.25, -0.2) is 8.42 Å². The number of hydrogen-bond acceptors (Lipinski definition) is 4. The Morgan fingerprint density at radius 3 is 1.83 bits per heavy atom. The summed E-state index contributed by atoms with van der Waals surface area (Å²) in [6, 6.07) is 11.0. The number of halogens is 1. The van der Waals surface area contributed by atoms with Gasteiger partial charge in [-0.1, -0.05) is 53.1 Å². The first-order valence-electron chi connectivity index (χ1n) is 9.18. The van der Waals surface area contributed by atoms with Gasteiger partial charge in [0, 0.05) is 16.1 Å². The molecule has 4 nitrogen and oxygen atoms in total. The van der Waals surface area contributed by atoms with Gasteiger partial charge in [-0.3, -0.25) is 0 Å². The number of nitriles is 1. The topological polar surface area (TPSA) is 78.2 Å². The quantitative estimate of drug-likeness (QED) is 0.606. The van der Waals surface area contributed by atoms with Gasteiger partial charge in [0.1, 0.15) is 16.7 Å². The maximum absolute atomic E-state index is 12.9. The Hall–Kier alpha value is -2.29. The van der Waals surface area contributed by atoms with E-state index in [1.54, 1.807) is 12.1 Å². The highest BCUT2D eigenvalue weighted by Crippen LogP contribution is 2.40. The highest BCUT2D eigenvalue weighted by molar-refractivity contribution is 7.95. The molecule has 0 atom stereocenters. The van der Waals surface area contributed by atoms with Crippen LogP contribution in [0.4, 0.5) is 0 Å². The summed E-state index contributed by atoms with van der Waals surface area (Å²) < 4.78 is 25.9. The predicted octanol–water partition coefficient (Wildman–Crippen LogP) is 5.98. The molecule has 1 N–H and O–H groups in total. The van der Waals surface area contributed by atoms with Crippen molar-refractivity contribution < 1.29 is 13.5 Å². The van der Waals surface area contributed by atoms with E-state index in [2.05, 4.69) is 0 Å². The van der Waals surface area contributed by atoms with Gasteiger partial charge < -0.3 is 5.11 Å². The highest BCUT2D eigenvalue weighted by Gasteiger charge is 2.27. The fourth-order valence-electron chi connectivity index (χ4n) is 2.95. The van der Waals surface area contributed by atoms with Crippen molar-refractivity contribution in [2.75, 3.05) is 0 Å². The van der Waals surface area contributed by atoms with Crippen LogP contribution in [0.1, 0.15) is 58.2 Å². The van der Waals surface area contributed by atoms with E-state index in [-0.39, 0.29) is 26.4 Å². The van der Waals surface area contributed by atoms with E-state index < -0.39 is 9.84 Å². The first-order valence-corrected chi connectivity index (χ1v) is 11.0. The van der Waals surface area contributed by atoms with Crippen molar-refractivity contribution >= 4 is 27.5 Å². The molecule has 0 aliphatic heterocycles. The minimum Gasteiger partial charge on any atom is -0.507 e. The van der Waals surface area contributed by atoms with Gasteiger partial charge in [0.05, 0.1) is 4.90 Å². The number of allylic oxidation sites excluding steroid dienone is 1. The maximum Gasteiger partial charge on any atom is 0.216 e. The normalized spacial score (nSPS) is 13.2.